The quantitative estimate of drug-likeness (QED) is 0.578. The Hall–Kier alpha value is -3.73. The Morgan fingerprint density at radius 3 is 2.26 bits per heavy atom. The summed E-state index contributed by atoms with van der Waals surface area (Å²) in [6.45, 7) is 0.622. The molecule has 0 aliphatic carbocycles. The Bertz CT molecular complexity index is 1050. The van der Waals surface area contributed by atoms with Gasteiger partial charge in [-0.15, -0.1) is 0 Å². The molecular weight excluding hydrogens is 338 g/mol. The number of hydrogen-bond acceptors (Lipinski definition) is 3. The van der Waals surface area contributed by atoms with Gasteiger partial charge in [-0.05, 0) is 29.8 Å². The second-order valence-corrected chi connectivity index (χ2v) is 6.17. The zero-order valence-corrected chi connectivity index (χ0v) is 14.5. The van der Waals surface area contributed by atoms with Crippen LogP contribution in [0.4, 0.5) is 0 Å². The average Bonchev–Trinajstić information content (AvgIpc) is 3.17. The molecule has 0 saturated carbocycles. The van der Waals surface area contributed by atoms with Crippen LogP contribution in [0.25, 0.3) is 22.6 Å². The number of aromatic carboxylic acids is 1. The third-order valence-electron chi connectivity index (χ3n) is 4.37. The summed E-state index contributed by atoms with van der Waals surface area (Å²) in [5.74, 6) is -0.0530. The lowest BCUT2D eigenvalue weighted by molar-refractivity contribution is 0.0697. The van der Waals surface area contributed by atoms with Gasteiger partial charge < -0.3 is 9.67 Å². The molecule has 27 heavy (non-hydrogen) atoms. The Morgan fingerprint density at radius 1 is 0.852 bits per heavy atom. The minimum absolute atomic E-state index is 0.287. The monoisotopic (exact) mass is 355 g/mol. The maximum Gasteiger partial charge on any atom is 0.335 e. The number of carboxylic acid groups (broad SMARTS) is 1. The predicted molar refractivity (Wildman–Crippen MR) is 103 cm³/mol. The summed E-state index contributed by atoms with van der Waals surface area (Å²) in [5, 5.41) is 9.01. The molecule has 1 N–H and O–H groups in total. The van der Waals surface area contributed by atoms with Crippen LogP contribution in [0.15, 0.2) is 85.3 Å². The second kappa shape index (κ2) is 7.25. The van der Waals surface area contributed by atoms with Gasteiger partial charge in [-0.2, -0.15) is 0 Å². The van der Waals surface area contributed by atoms with Crippen LogP contribution >= 0.6 is 0 Å². The number of nitrogens with zero attached hydrogens (tertiary/aromatic N) is 3. The molecular formula is C22H17N3O2. The summed E-state index contributed by atoms with van der Waals surface area (Å²) in [4.78, 5) is 19.8. The first-order valence-electron chi connectivity index (χ1n) is 8.56. The summed E-state index contributed by atoms with van der Waals surface area (Å²) in [5.41, 5.74) is 4.31. The fourth-order valence-corrected chi connectivity index (χ4v) is 2.97. The number of benzene rings is 2. The van der Waals surface area contributed by atoms with E-state index in [1.165, 1.54) is 0 Å². The van der Waals surface area contributed by atoms with Crippen molar-refractivity contribution >= 4 is 5.97 Å². The van der Waals surface area contributed by atoms with Crippen LogP contribution in [-0.2, 0) is 6.54 Å². The summed E-state index contributed by atoms with van der Waals surface area (Å²) < 4.78 is 2.05. The molecule has 2 aromatic carbocycles. The summed E-state index contributed by atoms with van der Waals surface area (Å²) in [7, 11) is 0. The van der Waals surface area contributed by atoms with Gasteiger partial charge in [-0.1, -0.05) is 42.5 Å². The van der Waals surface area contributed by atoms with Crippen LogP contribution in [0.2, 0.25) is 0 Å². The highest BCUT2D eigenvalue weighted by Gasteiger charge is 2.08. The molecule has 5 heteroatoms. The number of pyridine rings is 1. The van der Waals surface area contributed by atoms with Gasteiger partial charge in [0.15, 0.2) is 0 Å². The maximum atomic E-state index is 11.0. The standard InChI is InChI=1S/C22H17N3O2/c26-22(27)19-6-4-16(5-7-19)15-25-14-13-24-21(25)18-10-8-17(9-11-18)20-3-1-2-12-23-20/h1-14H,15H2,(H,26,27). The van der Waals surface area contributed by atoms with Gasteiger partial charge >= 0.3 is 5.97 Å². The number of carboxylic acids is 1. The highest BCUT2D eigenvalue weighted by molar-refractivity contribution is 5.87. The maximum absolute atomic E-state index is 11.0. The van der Waals surface area contributed by atoms with E-state index in [1.807, 2.05) is 65.4 Å². The van der Waals surface area contributed by atoms with E-state index in [4.69, 9.17) is 5.11 Å². The molecule has 0 bridgehead atoms. The Morgan fingerprint density at radius 2 is 1.59 bits per heavy atom. The van der Waals surface area contributed by atoms with Crippen molar-refractivity contribution in [3.05, 3.63) is 96.4 Å². The van der Waals surface area contributed by atoms with Crippen LogP contribution < -0.4 is 0 Å². The van der Waals surface area contributed by atoms with Gasteiger partial charge in [0.1, 0.15) is 5.82 Å². The summed E-state index contributed by atoms with van der Waals surface area (Å²) >= 11 is 0. The van der Waals surface area contributed by atoms with Crippen LogP contribution in [-0.4, -0.2) is 25.6 Å². The molecule has 132 valence electrons. The Kier molecular flexibility index (Phi) is 4.49. The van der Waals surface area contributed by atoms with Gasteiger partial charge in [0, 0.05) is 36.3 Å². The van der Waals surface area contributed by atoms with Gasteiger partial charge in [-0.3, -0.25) is 4.98 Å². The molecule has 0 aliphatic rings. The molecule has 0 atom stereocenters. The van der Waals surface area contributed by atoms with Crippen LogP contribution in [0.5, 0.6) is 0 Å². The molecule has 0 spiro atoms. The zero-order valence-electron chi connectivity index (χ0n) is 14.5. The van der Waals surface area contributed by atoms with Crippen LogP contribution in [0.3, 0.4) is 0 Å². The largest absolute Gasteiger partial charge is 0.478 e. The highest BCUT2D eigenvalue weighted by Crippen LogP contribution is 2.23. The molecule has 2 heterocycles. The summed E-state index contributed by atoms with van der Waals surface area (Å²) in [6.07, 6.45) is 5.48. The fraction of sp³-hybridized carbons (Fsp3) is 0.0455. The van der Waals surface area contributed by atoms with Crippen molar-refractivity contribution in [2.75, 3.05) is 0 Å². The van der Waals surface area contributed by atoms with E-state index in [2.05, 4.69) is 9.97 Å². The van der Waals surface area contributed by atoms with E-state index in [0.717, 1.165) is 28.2 Å². The van der Waals surface area contributed by atoms with Crippen molar-refractivity contribution in [3.8, 4) is 22.6 Å². The van der Waals surface area contributed by atoms with Gasteiger partial charge in [0.25, 0.3) is 0 Å². The first-order valence-corrected chi connectivity index (χ1v) is 8.56. The lowest BCUT2D eigenvalue weighted by Crippen LogP contribution is -2.02. The minimum atomic E-state index is -0.919. The third kappa shape index (κ3) is 3.62. The summed E-state index contributed by atoms with van der Waals surface area (Å²) in [6, 6.07) is 20.9. The number of aromatic nitrogens is 3. The van der Waals surface area contributed by atoms with Crippen molar-refractivity contribution < 1.29 is 9.90 Å². The van der Waals surface area contributed by atoms with E-state index in [-0.39, 0.29) is 5.56 Å². The van der Waals surface area contributed by atoms with Crippen LogP contribution in [0.1, 0.15) is 15.9 Å². The molecule has 5 nitrogen and oxygen atoms in total. The van der Waals surface area contributed by atoms with Gasteiger partial charge in [0.05, 0.1) is 11.3 Å². The van der Waals surface area contributed by atoms with Crippen molar-refractivity contribution in [2.24, 2.45) is 0 Å². The average molecular weight is 355 g/mol. The minimum Gasteiger partial charge on any atom is -0.478 e. The fourth-order valence-electron chi connectivity index (χ4n) is 2.97. The van der Waals surface area contributed by atoms with Crippen molar-refractivity contribution in [1.29, 1.82) is 0 Å². The third-order valence-corrected chi connectivity index (χ3v) is 4.37. The second-order valence-electron chi connectivity index (χ2n) is 6.17. The van der Waals surface area contributed by atoms with E-state index in [9.17, 15) is 4.79 Å². The molecule has 2 aromatic heterocycles. The predicted octanol–water partition coefficient (Wildman–Crippen LogP) is 4.36. The SMILES string of the molecule is O=C(O)c1ccc(Cn2ccnc2-c2ccc(-c3ccccn3)cc2)cc1. The van der Waals surface area contributed by atoms with E-state index < -0.39 is 5.97 Å². The molecule has 0 radical (unpaired) electrons. The van der Waals surface area contributed by atoms with E-state index in [0.29, 0.717) is 6.54 Å². The Labute approximate surface area is 156 Å². The number of hydrogen-bond donors (Lipinski definition) is 1. The van der Waals surface area contributed by atoms with Crippen LogP contribution in [0, 0.1) is 0 Å². The zero-order chi connectivity index (χ0) is 18.6. The van der Waals surface area contributed by atoms with Crippen molar-refractivity contribution in [3.63, 3.8) is 0 Å². The highest BCUT2D eigenvalue weighted by atomic mass is 16.4. The molecule has 0 fully saturated rings. The smallest absolute Gasteiger partial charge is 0.335 e. The number of carbonyl (C=O) groups is 1. The number of rotatable bonds is 5. The van der Waals surface area contributed by atoms with Gasteiger partial charge in [0.2, 0.25) is 0 Å². The van der Waals surface area contributed by atoms with Gasteiger partial charge in [-0.25, -0.2) is 9.78 Å². The first-order chi connectivity index (χ1) is 13.2. The van der Waals surface area contributed by atoms with E-state index in [1.54, 1.807) is 24.5 Å². The van der Waals surface area contributed by atoms with E-state index >= 15 is 0 Å². The molecule has 0 unspecified atom stereocenters. The molecule has 0 amide bonds. The lowest BCUT2D eigenvalue weighted by atomic mass is 10.1. The van der Waals surface area contributed by atoms with Crippen molar-refractivity contribution in [1.82, 2.24) is 14.5 Å². The molecule has 4 aromatic rings. The molecule has 4 rings (SSSR count). The lowest BCUT2D eigenvalue weighted by Gasteiger charge is -2.09. The normalized spacial score (nSPS) is 10.7. The number of imidazole rings is 1. The molecule has 0 saturated heterocycles. The molecule has 0 aliphatic heterocycles. The topological polar surface area (TPSA) is 68.0 Å². The van der Waals surface area contributed by atoms with Crippen molar-refractivity contribution in [2.45, 2.75) is 6.54 Å². The first kappa shape index (κ1) is 16.7. The Balaban J connectivity index is 1.57.